The molecule has 0 fully saturated rings. The molecule has 0 amide bonds. The van der Waals surface area contributed by atoms with E-state index in [1.54, 1.807) is 0 Å². The zero-order chi connectivity index (χ0) is 46.6. The number of thiophene rings is 1. The van der Waals surface area contributed by atoms with E-state index in [1.807, 2.05) is 41.7 Å². The van der Waals surface area contributed by atoms with Gasteiger partial charge >= 0.3 is 0 Å². The van der Waals surface area contributed by atoms with E-state index in [-0.39, 0.29) is 0 Å². The largest absolute Gasteiger partial charge is 0.456 e. The van der Waals surface area contributed by atoms with Crippen molar-refractivity contribution in [3.05, 3.63) is 231 Å². The van der Waals surface area contributed by atoms with E-state index in [1.165, 1.54) is 69.2 Å². The summed E-state index contributed by atoms with van der Waals surface area (Å²) < 4.78 is 11.5. The van der Waals surface area contributed by atoms with E-state index in [0.29, 0.717) is 17.5 Å². The Morgan fingerprint density at radius 2 is 0.972 bits per heavy atom. The molecular weight excluding hydrogens is 885 g/mol. The van der Waals surface area contributed by atoms with Gasteiger partial charge in [0.25, 0.3) is 0 Å². The van der Waals surface area contributed by atoms with E-state index in [2.05, 4.69) is 205 Å². The molecule has 0 aliphatic rings. The maximum atomic E-state index is 6.67. The molecule has 0 aliphatic heterocycles. The maximum absolute atomic E-state index is 6.67. The standard InChI is InChI=1S/C65H38N4OS/c1-3-15-39(16-4-1)63-66-64(43-29-32-50-49-23-11-12-26-55(49)69(56(50)38-43)44-18-5-2-6-19-44)68-65(67-63)51-25-13-27-58-61(51)53-36-41(30-33-57(53)70-58)46-24-14-28-60-62(46)54-37-42(31-34-59(54)71-60)52-35-40-17-7-8-20-45(40)47-21-9-10-22-48(47)52/h1-38H. The molecular formula is C65H38N4OS. The van der Waals surface area contributed by atoms with Gasteiger partial charge in [-0.25, -0.2) is 15.0 Å². The number of hydrogen-bond acceptors (Lipinski definition) is 5. The number of aromatic nitrogens is 4. The molecule has 5 nitrogen and oxygen atoms in total. The van der Waals surface area contributed by atoms with E-state index in [0.717, 1.165) is 60.9 Å². The highest BCUT2D eigenvalue weighted by Gasteiger charge is 2.21. The molecule has 71 heavy (non-hydrogen) atoms. The number of fused-ring (bicyclic) bond motifs is 12. The molecule has 15 rings (SSSR count). The molecule has 0 bridgehead atoms. The fourth-order valence-electron chi connectivity index (χ4n) is 11.0. The monoisotopic (exact) mass is 922 g/mol. The molecule has 4 aromatic heterocycles. The van der Waals surface area contributed by atoms with Crippen LogP contribution in [0.5, 0.6) is 0 Å². The molecule has 330 valence electrons. The van der Waals surface area contributed by atoms with E-state index in [9.17, 15) is 0 Å². The van der Waals surface area contributed by atoms with E-state index < -0.39 is 0 Å². The van der Waals surface area contributed by atoms with Crippen molar-refractivity contribution >= 4 is 96.8 Å². The normalized spacial score (nSPS) is 11.9. The number of benzene rings is 11. The topological polar surface area (TPSA) is 56.7 Å². The highest BCUT2D eigenvalue weighted by Crippen LogP contribution is 2.45. The lowest BCUT2D eigenvalue weighted by Crippen LogP contribution is -2.00. The van der Waals surface area contributed by atoms with Crippen molar-refractivity contribution in [2.45, 2.75) is 0 Å². The van der Waals surface area contributed by atoms with Crippen LogP contribution in [0.25, 0.3) is 148 Å². The molecule has 0 radical (unpaired) electrons. The zero-order valence-corrected chi connectivity index (χ0v) is 38.9. The minimum Gasteiger partial charge on any atom is -0.456 e. The number of furan rings is 1. The minimum atomic E-state index is 0.580. The summed E-state index contributed by atoms with van der Waals surface area (Å²) in [5.41, 5.74) is 12.3. The van der Waals surface area contributed by atoms with Crippen LogP contribution in [0.1, 0.15) is 0 Å². The molecule has 0 saturated heterocycles. The Bertz CT molecular complexity index is 4640. The van der Waals surface area contributed by atoms with Crippen LogP contribution in [-0.4, -0.2) is 19.5 Å². The van der Waals surface area contributed by atoms with Crippen molar-refractivity contribution < 1.29 is 4.42 Å². The third-order valence-corrected chi connectivity index (χ3v) is 15.4. The Hall–Kier alpha value is -9.23. The molecule has 0 unspecified atom stereocenters. The lowest BCUT2D eigenvalue weighted by Gasteiger charge is -2.12. The number of hydrogen-bond donors (Lipinski definition) is 0. The van der Waals surface area contributed by atoms with Crippen LogP contribution in [0.2, 0.25) is 0 Å². The predicted molar refractivity (Wildman–Crippen MR) is 297 cm³/mol. The van der Waals surface area contributed by atoms with Crippen LogP contribution >= 0.6 is 11.3 Å². The Kier molecular flexibility index (Phi) is 8.76. The van der Waals surface area contributed by atoms with Crippen molar-refractivity contribution in [3.63, 3.8) is 0 Å². The Morgan fingerprint density at radius 3 is 1.85 bits per heavy atom. The van der Waals surface area contributed by atoms with Gasteiger partial charge in [0.2, 0.25) is 0 Å². The fourth-order valence-corrected chi connectivity index (χ4v) is 12.1. The third kappa shape index (κ3) is 6.28. The molecule has 0 N–H and O–H groups in total. The number of rotatable bonds is 6. The molecule has 11 aromatic carbocycles. The van der Waals surface area contributed by atoms with Gasteiger partial charge < -0.3 is 8.98 Å². The maximum Gasteiger partial charge on any atom is 0.164 e. The molecule has 0 aliphatic carbocycles. The zero-order valence-electron chi connectivity index (χ0n) is 38.0. The highest BCUT2D eigenvalue weighted by atomic mass is 32.1. The third-order valence-electron chi connectivity index (χ3n) is 14.2. The number of para-hydroxylation sites is 2. The summed E-state index contributed by atoms with van der Waals surface area (Å²) in [5, 5.41) is 11.9. The first-order valence-corrected chi connectivity index (χ1v) is 24.7. The summed E-state index contributed by atoms with van der Waals surface area (Å²) in [6, 6.07) is 82.2. The van der Waals surface area contributed by atoms with Crippen molar-refractivity contribution in [1.29, 1.82) is 0 Å². The van der Waals surface area contributed by atoms with Crippen molar-refractivity contribution in [1.82, 2.24) is 19.5 Å². The number of nitrogens with zero attached hydrogens (tertiary/aromatic N) is 4. The minimum absolute atomic E-state index is 0.580. The van der Waals surface area contributed by atoms with E-state index in [4.69, 9.17) is 19.4 Å². The highest BCUT2D eigenvalue weighted by molar-refractivity contribution is 7.26. The molecule has 15 aromatic rings. The average Bonchev–Trinajstić information content (AvgIpc) is 4.12. The predicted octanol–water partition coefficient (Wildman–Crippen LogP) is 17.9. The Morgan fingerprint density at radius 1 is 0.324 bits per heavy atom. The SMILES string of the molecule is c1ccc(-c2nc(-c3ccc4c5ccccc5n(-c5ccccc5)c4c3)nc(-c3cccc4oc5ccc(-c6cccc7sc8ccc(-c9cc%10ccccc%10c%10ccccc9%10)cc8c67)cc5c34)n2)cc1. The second-order valence-corrected chi connectivity index (χ2v) is 19.4. The van der Waals surface area contributed by atoms with Crippen molar-refractivity contribution in [3.8, 4) is 62.1 Å². The molecule has 6 heteroatoms. The summed E-state index contributed by atoms with van der Waals surface area (Å²) in [6.45, 7) is 0. The lowest BCUT2D eigenvalue weighted by molar-refractivity contribution is 0.669. The molecule has 0 spiro atoms. The van der Waals surface area contributed by atoms with Crippen LogP contribution in [0.3, 0.4) is 0 Å². The van der Waals surface area contributed by atoms with Gasteiger partial charge in [-0.05, 0) is 111 Å². The smallest absolute Gasteiger partial charge is 0.164 e. The molecule has 0 saturated carbocycles. The van der Waals surface area contributed by atoms with Crippen LogP contribution in [0.4, 0.5) is 0 Å². The summed E-state index contributed by atoms with van der Waals surface area (Å²) in [6.07, 6.45) is 0. The van der Waals surface area contributed by atoms with Gasteiger partial charge in [0.05, 0.1) is 11.0 Å². The van der Waals surface area contributed by atoms with Crippen LogP contribution in [0, 0.1) is 0 Å². The van der Waals surface area contributed by atoms with Crippen molar-refractivity contribution in [2.75, 3.05) is 0 Å². The lowest BCUT2D eigenvalue weighted by atomic mass is 9.92. The second kappa shape index (κ2) is 15.7. The second-order valence-electron chi connectivity index (χ2n) is 18.3. The van der Waals surface area contributed by atoms with Gasteiger partial charge in [-0.1, -0.05) is 164 Å². The van der Waals surface area contributed by atoms with E-state index >= 15 is 0 Å². The summed E-state index contributed by atoms with van der Waals surface area (Å²) in [4.78, 5) is 15.8. The van der Waals surface area contributed by atoms with Crippen LogP contribution < -0.4 is 0 Å². The van der Waals surface area contributed by atoms with Crippen molar-refractivity contribution in [2.24, 2.45) is 0 Å². The Labute approximate surface area is 411 Å². The first-order chi connectivity index (χ1) is 35.2. The Balaban J connectivity index is 0.908. The summed E-state index contributed by atoms with van der Waals surface area (Å²) in [5.74, 6) is 1.78. The van der Waals surface area contributed by atoms with Crippen LogP contribution in [0.15, 0.2) is 235 Å². The van der Waals surface area contributed by atoms with Gasteiger partial charge in [0.15, 0.2) is 17.5 Å². The summed E-state index contributed by atoms with van der Waals surface area (Å²) >= 11 is 1.85. The summed E-state index contributed by atoms with van der Waals surface area (Å²) in [7, 11) is 0. The van der Waals surface area contributed by atoms with Crippen LogP contribution in [-0.2, 0) is 0 Å². The fraction of sp³-hybridized carbons (Fsp3) is 0. The molecule has 4 heterocycles. The van der Waals surface area contributed by atoms with Gasteiger partial charge in [-0.3, -0.25) is 0 Å². The van der Waals surface area contributed by atoms with Gasteiger partial charge in [-0.2, -0.15) is 0 Å². The van der Waals surface area contributed by atoms with Gasteiger partial charge in [-0.15, -0.1) is 11.3 Å². The van der Waals surface area contributed by atoms with Gasteiger partial charge in [0, 0.05) is 64.1 Å². The average molecular weight is 923 g/mol. The first kappa shape index (κ1) is 39.7. The molecule has 0 atom stereocenters. The van der Waals surface area contributed by atoms with Gasteiger partial charge in [0.1, 0.15) is 11.2 Å². The quantitative estimate of drug-likeness (QED) is 0.156. The first-order valence-electron chi connectivity index (χ1n) is 23.9.